The molecular weight excluding hydrogens is 370 g/mol. The second-order valence-corrected chi connectivity index (χ2v) is 8.97. The Kier molecular flexibility index (Phi) is 7.11. The van der Waals surface area contributed by atoms with Crippen LogP contribution in [0.4, 0.5) is 0 Å². The van der Waals surface area contributed by atoms with Crippen molar-refractivity contribution < 1.29 is 22.7 Å². The summed E-state index contributed by atoms with van der Waals surface area (Å²) in [6, 6.07) is 7.41. The molecule has 0 heterocycles. The molecule has 8 nitrogen and oxygen atoms in total. The van der Waals surface area contributed by atoms with Crippen LogP contribution in [-0.2, 0) is 19.6 Å². The molecule has 9 heteroatoms. The van der Waals surface area contributed by atoms with Crippen LogP contribution in [0.5, 0.6) is 0 Å². The molecule has 1 rings (SSSR count). The van der Waals surface area contributed by atoms with E-state index in [0.717, 1.165) is 4.31 Å². The average molecular weight is 395 g/mol. The monoisotopic (exact) mass is 395 g/mol. The fraction of sp³-hybridized carbons (Fsp3) is 0.500. The predicted octanol–water partition coefficient (Wildman–Crippen LogP) is 1.54. The van der Waals surface area contributed by atoms with Gasteiger partial charge < -0.3 is 10.1 Å². The minimum atomic E-state index is -3.70. The number of carbonyl (C=O) groups excluding carboxylic acids is 2. The molecule has 0 spiro atoms. The predicted molar refractivity (Wildman–Crippen MR) is 99.2 cm³/mol. The van der Waals surface area contributed by atoms with Gasteiger partial charge in [0.1, 0.15) is 5.54 Å². The number of sulfonamides is 1. The molecule has 0 aliphatic rings. The first-order valence-electron chi connectivity index (χ1n) is 8.32. The van der Waals surface area contributed by atoms with Gasteiger partial charge in [-0.05, 0) is 38.0 Å². The van der Waals surface area contributed by atoms with E-state index in [1.54, 1.807) is 20.8 Å². The minimum Gasteiger partial charge on any atom is -0.449 e. The molecule has 0 unspecified atom stereocenters. The largest absolute Gasteiger partial charge is 0.449 e. The van der Waals surface area contributed by atoms with Crippen molar-refractivity contribution in [1.82, 2.24) is 9.62 Å². The molecule has 0 aliphatic carbocycles. The van der Waals surface area contributed by atoms with Crippen LogP contribution >= 0.6 is 0 Å². The van der Waals surface area contributed by atoms with E-state index in [9.17, 15) is 23.3 Å². The lowest BCUT2D eigenvalue weighted by Crippen LogP contribution is -2.52. The standard InChI is InChI=1S/C18H25N3O5S/c1-12(2)18(4,11-19)20-16(22)13(3)26-17(23)14-8-7-9-15(10-14)27(24,25)21(5)6/h7-10,12-13H,1-6H3,(H,20,22)/t13-,18+/m1/s1. The van der Waals surface area contributed by atoms with E-state index < -0.39 is 33.5 Å². The Morgan fingerprint density at radius 2 is 1.85 bits per heavy atom. The highest BCUT2D eigenvalue weighted by atomic mass is 32.2. The van der Waals surface area contributed by atoms with E-state index in [-0.39, 0.29) is 16.4 Å². The molecule has 0 fully saturated rings. The summed E-state index contributed by atoms with van der Waals surface area (Å²) in [5.41, 5.74) is -1.10. The molecule has 1 aromatic rings. The third-order valence-corrected chi connectivity index (χ3v) is 6.08. The Hall–Kier alpha value is -2.44. The highest BCUT2D eigenvalue weighted by Crippen LogP contribution is 2.17. The smallest absolute Gasteiger partial charge is 0.338 e. The lowest BCUT2D eigenvalue weighted by Gasteiger charge is -2.28. The molecule has 1 amide bonds. The Morgan fingerprint density at radius 1 is 1.26 bits per heavy atom. The van der Waals surface area contributed by atoms with Crippen molar-refractivity contribution in [3.8, 4) is 6.07 Å². The van der Waals surface area contributed by atoms with Crippen molar-refractivity contribution in [2.75, 3.05) is 14.1 Å². The molecule has 0 radical (unpaired) electrons. The van der Waals surface area contributed by atoms with Gasteiger partial charge in [0.25, 0.3) is 5.91 Å². The van der Waals surface area contributed by atoms with Crippen molar-refractivity contribution in [3.05, 3.63) is 29.8 Å². The highest BCUT2D eigenvalue weighted by molar-refractivity contribution is 7.89. The van der Waals surface area contributed by atoms with Crippen molar-refractivity contribution in [2.24, 2.45) is 5.92 Å². The zero-order valence-electron chi connectivity index (χ0n) is 16.3. The van der Waals surface area contributed by atoms with Crippen LogP contribution in [0.2, 0.25) is 0 Å². The van der Waals surface area contributed by atoms with Crippen LogP contribution in [0.1, 0.15) is 38.1 Å². The number of benzene rings is 1. The van der Waals surface area contributed by atoms with Gasteiger partial charge in [-0.1, -0.05) is 19.9 Å². The van der Waals surface area contributed by atoms with E-state index in [2.05, 4.69) is 5.32 Å². The molecule has 0 aromatic heterocycles. The number of esters is 1. The molecule has 0 saturated carbocycles. The summed E-state index contributed by atoms with van der Waals surface area (Å²) >= 11 is 0. The number of carbonyl (C=O) groups is 2. The molecule has 27 heavy (non-hydrogen) atoms. The van der Waals surface area contributed by atoms with Crippen molar-refractivity contribution in [2.45, 2.75) is 44.2 Å². The molecule has 148 valence electrons. The van der Waals surface area contributed by atoms with E-state index in [4.69, 9.17) is 4.74 Å². The summed E-state index contributed by atoms with van der Waals surface area (Å²) in [5.74, 6) is -1.60. The zero-order valence-corrected chi connectivity index (χ0v) is 17.1. The van der Waals surface area contributed by atoms with Gasteiger partial charge in [-0.3, -0.25) is 4.79 Å². The number of nitrogens with zero attached hydrogens (tertiary/aromatic N) is 2. The van der Waals surface area contributed by atoms with Gasteiger partial charge in [0.15, 0.2) is 6.10 Å². The van der Waals surface area contributed by atoms with Gasteiger partial charge in [-0.2, -0.15) is 5.26 Å². The van der Waals surface area contributed by atoms with Gasteiger partial charge in [0.05, 0.1) is 16.5 Å². The summed E-state index contributed by atoms with van der Waals surface area (Å²) in [4.78, 5) is 24.5. The van der Waals surface area contributed by atoms with Crippen LogP contribution in [0.3, 0.4) is 0 Å². The van der Waals surface area contributed by atoms with Gasteiger partial charge in [-0.25, -0.2) is 17.5 Å². The van der Waals surface area contributed by atoms with Crippen molar-refractivity contribution >= 4 is 21.9 Å². The first kappa shape index (κ1) is 22.6. The maximum atomic E-state index is 12.3. The number of amides is 1. The number of hydrogen-bond donors (Lipinski definition) is 1. The third-order valence-electron chi connectivity index (χ3n) is 4.27. The van der Waals surface area contributed by atoms with Gasteiger partial charge in [0, 0.05) is 14.1 Å². The average Bonchev–Trinajstić information content (AvgIpc) is 2.61. The van der Waals surface area contributed by atoms with E-state index in [0.29, 0.717) is 0 Å². The second-order valence-electron chi connectivity index (χ2n) is 6.82. The van der Waals surface area contributed by atoms with Crippen LogP contribution in [-0.4, -0.2) is 50.3 Å². The number of ether oxygens (including phenoxy) is 1. The first-order chi connectivity index (χ1) is 12.3. The Bertz CT molecular complexity index is 858. The minimum absolute atomic E-state index is 0.00415. The fourth-order valence-electron chi connectivity index (χ4n) is 1.94. The first-order valence-corrected chi connectivity index (χ1v) is 9.76. The Morgan fingerprint density at radius 3 is 2.33 bits per heavy atom. The van der Waals surface area contributed by atoms with Gasteiger partial charge in [0.2, 0.25) is 10.0 Å². The molecular formula is C18H25N3O5S. The molecule has 0 bridgehead atoms. The van der Waals surface area contributed by atoms with E-state index in [1.807, 2.05) is 6.07 Å². The summed E-state index contributed by atoms with van der Waals surface area (Å²) in [6.45, 7) is 6.54. The van der Waals surface area contributed by atoms with E-state index >= 15 is 0 Å². The summed E-state index contributed by atoms with van der Waals surface area (Å²) in [5, 5.41) is 11.8. The zero-order chi connectivity index (χ0) is 21.0. The van der Waals surface area contributed by atoms with Crippen molar-refractivity contribution in [3.63, 3.8) is 0 Å². The fourth-order valence-corrected chi connectivity index (χ4v) is 2.88. The maximum absolute atomic E-state index is 12.3. The maximum Gasteiger partial charge on any atom is 0.338 e. The summed E-state index contributed by atoms with van der Waals surface area (Å²) in [7, 11) is -0.939. The number of nitriles is 1. The molecule has 0 saturated heterocycles. The number of rotatable bonds is 7. The second kappa shape index (κ2) is 8.50. The van der Waals surface area contributed by atoms with Crippen molar-refractivity contribution in [1.29, 1.82) is 5.26 Å². The Labute approximate surface area is 160 Å². The number of hydrogen-bond acceptors (Lipinski definition) is 6. The molecule has 1 aromatic carbocycles. The SMILES string of the molecule is CC(C)[C@](C)(C#N)NC(=O)[C@@H](C)OC(=O)c1cccc(S(=O)(=O)N(C)C)c1. The molecule has 1 N–H and O–H groups in total. The van der Waals surface area contributed by atoms with Gasteiger partial charge in [-0.15, -0.1) is 0 Å². The lowest BCUT2D eigenvalue weighted by molar-refractivity contribution is -0.130. The van der Waals surface area contributed by atoms with Crippen LogP contribution < -0.4 is 5.32 Å². The third kappa shape index (κ3) is 5.28. The summed E-state index contributed by atoms with van der Waals surface area (Å²) in [6.07, 6.45) is -1.15. The number of nitrogens with one attached hydrogen (secondary N) is 1. The summed E-state index contributed by atoms with van der Waals surface area (Å²) < 4.78 is 30.5. The Balaban J connectivity index is 2.94. The van der Waals surface area contributed by atoms with Crippen LogP contribution in [0, 0.1) is 17.2 Å². The molecule has 2 atom stereocenters. The topological polar surface area (TPSA) is 117 Å². The molecule has 0 aliphatic heterocycles. The van der Waals surface area contributed by atoms with E-state index in [1.165, 1.54) is 45.3 Å². The lowest BCUT2D eigenvalue weighted by atomic mass is 9.90. The quantitative estimate of drug-likeness (QED) is 0.700. The van der Waals surface area contributed by atoms with Gasteiger partial charge >= 0.3 is 5.97 Å². The normalized spacial score (nSPS) is 14.9. The van der Waals surface area contributed by atoms with Crippen LogP contribution in [0.15, 0.2) is 29.2 Å². The highest BCUT2D eigenvalue weighted by Gasteiger charge is 2.32. The van der Waals surface area contributed by atoms with Crippen LogP contribution in [0.25, 0.3) is 0 Å².